The molecule has 0 spiro atoms. The predicted octanol–water partition coefficient (Wildman–Crippen LogP) is 7.25. The number of aromatic nitrogens is 1. The van der Waals surface area contributed by atoms with E-state index in [1.165, 1.54) is 58.4 Å². The van der Waals surface area contributed by atoms with E-state index in [1.807, 2.05) is 6.20 Å². The molecule has 1 aromatic heterocycles. The average molecular weight is 662 g/mol. The van der Waals surface area contributed by atoms with Crippen molar-refractivity contribution in [1.82, 2.24) is 4.98 Å². The molecule has 1 atom stereocenters. The number of rotatable bonds is 3. The van der Waals surface area contributed by atoms with Crippen molar-refractivity contribution in [1.29, 1.82) is 0 Å². The van der Waals surface area contributed by atoms with Crippen molar-refractivity contribution < 1.29 is 0 Å². The summed E-state index contributed by atoms with van der Waals surface area (Å²) in [5.41, 5.74) is 10.2. The summed E-state index contributed by atoms with van der Waals surface area (Å²) in [5.74, 6) is 3.82. The molecule has 222 valence electrons. The maximum absolute atomic E-state index is 5.22. The Bertz CT molecular complexity index is 2050. The summed E-state index contributed by atoms with van der Waals surface area (Å²) in [4.78, 5) is 10.5. The Kier molecular flexibility index (Phi) is 5.20. The molecule has 10 rings (SSSR count). The van der Waals surface area contributed by atoms with Gasteiger partial charge in [-0.15, -0.1) is 0 Å². The van der Waals surface area contributed by atoms with E-state index in [0.29, 0.717) is 0 Å². The van der Waals surface area contributed by atoms with E-state index in [4.69, 9.17) is 4.98 Å². The predicted molar refractivity (Wildman–Crippen MR) is 194 cm³/mol. The van der Waals surface area contributed by atoms with E-state index < -0.39 is 21.3 Å². The van der Waals surface area contributed by atoms with Crippen LogP contribution in [-0.2, 0) is 5.41 Å². The number of anilines is 6. The van der Waals surface area contributed by atoms with Gasteiger partial charge < -0.3 is 0 Å². The molecular weight excluding hydrogens is 623 g/mol. The number of benzene rings is 4. The number of pyridine rings is 1. The number of fused-ring (bicyclic) bond motifs is 6. The molecule has 3 nitrogen and oxygen atoms in total. The van der Waals surface area contributed by atoms with Crippen LogP contribution < -0.4 is 33.4 Å². The van der Waals surface area contributed by atoms with Crippen molar-refractivity contribution in [3.63, 3.8) is 0 Å². The SMILES string of the molecule is CC(C)(C)c1cc2[c]3c(c1)N1c4ccccc4[Si](C4CC4)(C4CC4)c4ccc[c](c41)[Ge]3([CH3])[c]1cccnc1N2c1ccccc1. The first-order valence-electron chi connectivity index (χ1n) is 16.9. The van der Waals surface area contributed by atoms with Crippen molar-refractivity contribution in [3.05, 3.63) is 109 Å². The first-order valence-corrected chi connectivity index (χ1v) is 24.3. The molecule has 2 aliphatic carbocycles. The van der Waals surface area contributed by atoms with Gasteiger partial charge in [0.15, 0.2) is 0 Å². The van der Waals surface area contributed by atoms with E-state index in [9.17, 15) is 0 Å². The first kappa shape index (κ1) is 26.6. The van der Waals surface area contributed by atoms with E-state index in [-0.39, 0.29) is 5.41 Å². The summed E-state index contributed by atoms with van der Waals surface area (Å²) in [6.45, 7) is 7.11. The third-order valence-electron chi connectivity index (χ3n) is 11.8. The van der Waals surface area contributed by atoms with Crippen LogP contribution in [0.5, 0.6) is 0 Å². The molecule has 4 heterocycles. The van der Waals surface area contributed by atoms with Gasteiger partial charge in [-0.05, 0) is 0 Å². The minimum atomic E-state index is -3.23. The third kappa shape index (κ3) is 3.30. The van der Waals surface area contributed by atoms with Gasteiger partial charge in [0, 0.05) is 0 Å². The van der Waals surface area contributed by atoms with Crippen molar-refractivity contribution in [2.24, 2.45) is 0 Å². The second kappa shape index (κ2) is 8.80. The summed E-state index contributed by atoms with van der Waals surface area (Å²) < 4.78 is 4.70. The molecule has 2 saturated carbocycles. The molecule has 0 bridgehead atoms. The maximum atomic E-state index is 5.22. The number of para-hydroxylation sites is 3. The van der Waals surface area contributed by atoms with Crippen LogP contribution in [0.15, 0.2) is 103 Å². The standard InChI is InChI=1S/C40H39GeN3Si/c1-40(2,3)26-24-33-37-34(25-26)44-32-16-8-9-17-35(32)45(28-19-20-28,29-21-22-29)36-18-10-14-30(38(36)44)41(37,4)31-15-11-23-42-39(31)43(33)27-12-6-5-7-13-27/h5-18,23-25,28-29H,19-22H2,1-4H3. The number of nitrogens with zero attached hydrogens (tertiary/aromatic N) is 3. The second-order valence-corrected chi connectivity index (χ2v) is 27.8. The van der Waals surface area contributed by atoms with E-state index in [1.54, 1.807) is 24.9 Å². The molecule has 45 heavy (non-hydrogen) atoms. The Morgan fingerprint density at radius 3 is 2.04 bits per heavy atom. The van der Waals surface area contributed by atoms with Gasteiger partial charge in [0.05, 0.1) is 0 Å². The molecular formula is C40H39GeN3Si. The monoisotopic (exact) mass is 663 g/mol. The van der Waals surface area contributed by atoms with Crippen molar-refractivity contribution in [2.45, 2.75) is 68.7 Å². The Hall–Kier alpha value is -3.61. The topological polar surface area (TPSA) is 19.4 Å². The molecule has 4 aromatic carbocycles. The fourth-order valence-electron chi connectivity index (χ4n) is 9.59. The van der Waals surface area contributed by atoms with Gasteiger partial charge in [0.25, 0.3) is 0 Å². The first-order chi connectivity index (χ1) is 21.8. The summed E-state index contributed by atoms with van der Waals surface area (Å²) in [7, 11) is -1.95. The number of hydrogen-bond acceptors (Lipinski definition) is 3. The van der Waals surface area contributed by atoms with Crippen LogP contribution in [0.2, 0.25) is 16.8 Å². The van der Waals surface area contributed by atoms with Crippen LogP contribution in [-0.4, -0.2) is 26.3 Å². The zero-order chi connectivity index (χ0) is 30.3. The van der Waals surface area contributed by atoms with Crippen molar-refractivity contribution in [3.8, 4) is 0 Å². The Labute approximate surface area is 270 Å². The Balaban J connectivity index is 1.39. The van der Waals surface area contributed by atoms with Crippen molar-refractivity contribution in [2.75, 3.05) is 9.80 Å². The Morgan fingerprint density at radius 2 is 1.33 bits per heavy atom. The Morgan fingerprint density at radius 1 is 0.689 bits per heavy atom. The molecule has 2 fully saturated rings. The van der Waals surface area contributed by atoms with E-state index >= 15 is 0 Å². The zero-order valence-electron chi connectivity index (χ0n) is 26.6. The van der Waals surface area contributed by atoms with Crippen LogP contribution >= 0.6 is 0 Å². The fourth-order valence-corrected chi connectivity index (χ4v) is 26.0. The summed E-state index contributed by atoms with van der Waals surface area (Å²) in [5, 5.41) is 3.46. The van der Waals surface area contributed by atoms with Gasteiger partial charge in [0.2, 0.25) is 0 Å². The normalized spacial score (nSPS) is 21.9. The van der Waals surface area contributed by atoms with Gasteiger partial charge >= 0.3 is 271 Å². The summed E-state index contributed by atoms with van der Waals surface area (Å²) in [6.07, 6.45) is 7.64. The van der Waals surface area contributed by atoms with Crippen LogP contribution in [0, 0.1) is 0 Å². The number of hydrogen-bond donors (Lipinski definition) is 0. The molecule has 0 radical (unpaired) electrons. The fraction of sp³-hybridized carbons (Fsp3) is 0.275. The van der Waals surface area contributed by atoms with Crippen LogP contribution in [0.4, 0.5) is 34.3 Å². The van der Waals surface area contributed by atoms with E-state index in [2.05, 4.69) is 133 Å². The van der Waals surface area contributed by atoms with Crippen LogP contribution in [0.25, 0.3) is 0 Å². The molecule has 5 heteroatoms. The molecule has 0 saturated heterocycles. The van der Waals surface area contributed by atoms with E-state index in [0.717, 1.165) is 16.9 Å². The molecule has 0 amide bonds. The molecule has 1 unspecified atom stereocenters. The average Bonchev–Trinajstić information content (AvgIpc) is 3.98. The van der Waals surface area contributed by atoms with Gasteiger partial charge in [-0.25, -0.2) is 0 Å². The molecule has 5 aliphatic rings. The third-order valence-corrected chi connectivity index (χ3v) is 27.5. The molecule has 3 aliphatic heterocycles. The van der Waals surface area contributed by atoms with Crippen molar-refractivity contribution >= 4 is 79.2 Å². The van der Waals surface area contributed by atoms with Gasteiger partial charge in [-0.1, -0.05) is 0 Å². The second-order valence-electron chi connectivity index (χ2n) is 15.3. The van der Waals surface area contributed by atoms with Gasteiger partial charge in [-0.2, -0.15) is 0 Å². The van der Waals surface area contributed by atoms with Gasteiger partial charge in [-0.3, -0.25) is 0 Å². The summed E-state index contributed by atoms with van der Waals surface area (Å²) in [6, 6.07) is 37.9. The quantitative estimate of drug-likeness (QED) is 0.190. The van der Waals surface area contributed by atoms with Gasteiger partial charge in [0.1, 0.15) is 0 Å². The summed E-state index contributed by atoms with van der Waals surface area (Å²) >= 11 is -3.23. The minimum absolute atomic E-state index is 0.00266. The van der Waals surface area contributed by atoms with Crippen LogP contribution in [0.3, 0.4) is 0 Å². The zero-order valence-corrected chi connectivity index (χ0v) is 29.7. The molecule has 0 N–H and O–H groups in total. The molecule has 5 aromatic rings. The van der Waals surface area contributed by atoms with Crippen LogP contribution in [0.1, 0.15) is 52.0 Å².